The Hall–Kier alpha value is -3.23. The smallest absolute Gasteiger partial charge is 0.338 e. The lowest BCUT2D eigenvalue weighted by atomic mass is 9.70. The predicted octanol–water partition coefficient (Wildman–Crippen LogP) is 17.2. The molecule has 0 saturated heterocycles. The molecule has 0 aliphatic heterocycles. The van der Waals surface area contributed by atoms with Gasteiger partial charge in [0, 0.05) is 16.5 Å². The molecule has 6 rings (SSSR count). The van der Waals surface area contributed by atoms with Gasteiger partial charge in [-0.3, -0.25) is 0 Å². The van der Waals surface area contributed by atoms with E-state index >= 15 is 0 Å². The number of carbonyl (C=O) groups is 1. The van der Waals surface area contributed by atoms with Crippen molar-refractivity contribution in [3.63, 3.8) is 0 Å². The second-order valence-electron chi connectivity index (χ2n) is 18.3. The van der Waals surface area contributed by atoms with Crippen LogP contribution in [0.5, 0.6) is 0 Å². The fraction of sp³-hybridized carbons (Fsp3) is 0.642. The number of ether oxygens (including phenoxy) is 1. The molecule has 0 radical (unpaired) electrons. The Labute approximate surface area is 377 Å². The zero-order valence-corrected chi connectivity index (χ0v) is 39.8. The Kier molecular flexibility index (Phi) is 20.0. The van der Waals surface area contributed by atoms with Crippen molar-refractivity contribution in [1.82, 2.24) is 17.5 Å². The van der Waals surface area contributed by atoms with E-state index in [2.05, 4.69) is 48.6 Å². The summed E-state index contributed by atoms with van der Waals surface area (Å²) in [6.07, 6.45) is 40.4. The molecule has 332 valence electrons. The first kappa shape index (κ1) is 47.3. The van der Waals surface area contributed by atoms with Crippen LogP contribution < -0.4 is 0 Å². The van der Waals surface area contributed by atoms with Crippen LogP contribution in [-0.2, 0) is 10.2 Å². The van der Waals surface area contributed by atoms with Crippen LogP contribution in [0.4, 0.5) is 0 Å². The van der Waals surface area contributed by atoms with Crippen molar-refractivity contribution in [2.45, 2.75) is 212 Å². The maximum absolute atomic E-state index is 13.3. The number of aromatic nitrogens is 4. The van der Waals surface area contributed by atoms with E-state index in [4.69, 9.17) is 17.9 Å². The van der Waals surface area contributed by atoms with Crippen molar-refractivity contribution in [3.8, 4) is 22.3 Å². The van der Waals surface area contributed by atoms with Crippen molar-refractivity contribution >= 4 is 51.5 Å². The molecular weight excluding hydrogens is 789 g/mol. The van der Waals surface area contributed by atoms with E-state index in [1.165, 1.54) is 233 Å². The van der Waals surface area contributed by atoms with Crippen molar-refractivity contribution in [1.29, 1.82) is 0 Å². The minimum Gasteiger partial charge on any atom is -0.465 e. The minimum atomic E-state index is -0.347. The van der Waals surface area contributed by atoms with Gasteiger partial charge >= 0.3 is 5.97 Å². The highest BCUT2D eigenvalue weighted by atomic mass is 32.1. The highest BCUT2D eigenvalue weighted by Crippen LogP contribution is 2.57. The van der Waals surface area contributed by atoms with E-state index in [-0.39, 0.29) is 11.4 Å². The molecule has 0 amide bonds. The molecule has 2 aromatic heterocycles. The maximum Gasteiger partial charge on any atom is 0.338 e. The number of carbonyl (C=O) groups excluding carboxylic acids is 1. The second kappa shape index (κ2) is 25.8. The van der Waals surface area contributed by atoms with Crippen molar-refractivity contribution < 1.29 is 9.53 Å². The Morgan fingerprint density at radius 3 is 1.38 bits per heavy atom. The monoisotopic (exact) mass is 865 g/mol. The third-order valence-corrected chi connectivity index (χ3v) is 14.9. The van der Waals surface area contributed by atoms with Crippen molar-refractivity contribution in [2.24, 2.45) is 0 Å². The average molecular weight is 865 g/mol. The van der Waals surface area contributed by atoms with Crippen LogP contribution in [-0.4, -0.2) is 30.6 Å². The van der Waals surface area contributed by atoms with Gasteiger partial charge in [0.05, 0.1) is 36.1 Å². The predicted molar refractivity (Wildman–Crippen MR) is 261 cm³/mol. The van der Waals surface area contributed by atoms with E-state index in [1.807, 2.05) is 12.1 Å². The molecule has 61 heavy (non-hydrogen) atoms. The lowest BCUT2D eigenvalue weighted by Gasteiger charge is -2.33. The maximum atomic E-state index is 13.3. The summed E-state index contributed by atoms with van der Waals surface area (Å²) in [7, 11) is 1.46. The molecule has 0 unspecified atom stereocenters. The standard InChI is InChI=1S/C53H76N4O2S2/c1-4-6-8-10-12-14-16-18-20-22-24-26-28-30-38-53(39-31-29-27-25-23-21-19-17-15-13-11-9-7-5-2)44-35-37-47-51(57-61-55-47)49(44)42-33-32-41(40-45(42)53)48-43(52(58)59-3)34-36-46-50(48)56-60-54-46/h32-37,40H,4-31,38-39H2,1-3H3. The van der Waals surface area contributed by atoms with Crippen molar-refractivity contribution in [2.75, 3.05) is 7.11 Å². The molecule has 0 saturated carbocycles. The molecule has 1 aliphatic carbocycles. The highest BCUT2D eigenvalue weighted by Gasteiger charge is 2.44. The van der Waals surface area contributed by atoms with Crippen LogP contribution >= 0.6 is 23.5 Å². The van der Waals surface area contributed by atoms with Crippen LogP contribution in [0.25, 0.3) is 44.3 Å². The van der Waals surface area contributed by atoms with Gasteiger partial charge in [0.15, 0.2) is 0 Å². The summed E-state index contributed by atoms with van der Waals surface area (Å²) in [5.41, 5.74) is 11.1. The first-order valence-electron chi connectivity index (χ1n) is 24.9. The molecule has 0 atom stereocenters. The summed E-state index contributed by atoms with van der Waals surface area (Å²) in [5, 5.41) is 0. The minimum absolute atomic E-state index is 0.133. The molecule has 5 aromatic rings. The molecule has 0 bridgehead atoms. The molecule has 8 heteroatoms. The third kappa shape index (κ3) is 12.7. The number of hydrogen-bond acceptors (Lipinski definition) is 8. The van der Waals surface area contributed by atoms with Crippen LogP contribution in [0.1, 0.15) is 228 Å². The molecule has 0 fully saturated rings. The third-order valence-electron chi connectivity index (χ3n) is 13.8. The summed E-state index contributed by atoms with van der Waals surface area (Å²) in [6.45, 7) is 4.60. The Morgan fingerprint density at radius 2 is 0.918 bits per heavy atom. The van der Waals surface area contributed by atoms with Crippen molar-refractivity contribution in [3.05, 3.63) is 59.2 Å². The molecule has 0 spiro atoms. The zero-order valence-electron chi connectivity index (χ0n) is 38.2. The molecule has 3 aromatic carbocycles. The largest absolute Gasteiger partial charge is 0.465 e. The molecule has 1 aliphatic rings. The van der Waals surface area contributed by atoms with Gasteiger partial charge in [0.1, 0.15) is 22.1 Å². The summed E-state index contributed by atoms with van der Waals surface area (Å²) in [5.74, 6) is -0.347. The molecule has 2 heterocycles. The van der Waals surface area contributed by atoms with Crippen LogP contribution in [0.3, 0.4) is 0 Å². The number of methoxy groups -OCH3 is 1. The lowest BCUT2D eigenvalue weighted by Crippen LogP contribution is -2.25. The highest BCUT2D eigenvalue weighted by molar-refractivity contribution is 7.00. The van der Waals surface area contributed by atoms with E-state index in [0.717, 1.165) is 46.0 Å². The SMILES string of the molecule is CCCCCCCCCCCCCCCCC1(CCCCCCCCCCCCCCCC)c2cc(-c3c(C(=O)OC)ccc4nsnc34)ccc2-c2c1ccc1nsnc21. The number of esters is 1. The summed E-state index contributed by atoms with van der Waals surface area (Å²) < 4.78 is 24.2. The molecule has 0 N–H and O–H groups in total. The van der Waals surface area contributed by atoms with Crippen LogP contribution in [0.15, 0.2) is 42.5 Å². The number of nitrogens with zero attached hydrogens (tertiary/aromatic N) is 4. The molecule has 6 nitrogen and oxygen atoms in total. The van der Waals surface area contributed by atoms with E-state index in [0.29, 0.717) is 5.56 Å². The van der Waals surface area contributed by atoms with Gasteiger partial charge in [-0.05, 0) is 59.4 Å². The number of hydrogen-bond donors (Lipinski definition) is 0. The average Bonchev–Trinajstić information content (AvgIpc) is 4.03. The Bertz CT molecular complexity index is 2020. The van der Waals surface area contributed by atoms with Gasteiger partial charge in [-0.2, -0.15) is 17.5 Å². The van der Waals surface area contributed by atoms with Crippen LogP contribution in [0.2, 0.25) is 0 Å². The first-order valence-corrected chi connectivity index (χ1v) is 26.3. The van der Waals surface area contributed by atoms with E-state index in [9.17, 15) is 4.79 Å². The van der Waals surface area contributed by atoms with Gasteiger partial charge in [-0.1, -0.05) is 212 Å². The van der Waals surface area contributed by atoms with E-state index < -0.39 is 0 Å². The second-order valence-corrected chi connectivity index (χ2v) is 19.3. The number of unbranched alkanes of at least 4 members (excludes halogenated alkanes) is 26. The van der Waals surface area contributed by atoms with E-state index in [1.54, 1.807) is 0 Å². The quantitative estimate of drug-likeness (QED) is 0.0316. The number of fused-ring (bicyclic) bond motifs is 6. The van der Waals surface area contributed by atoms with Gasteiger partial charge in [0.2, 0.25) is 0 Å². The zero-order chi connectivity index (χ0) is 42.5. The van der Waals surface area contributed by atoms with Gasteiger partial charge in [-0.25, -0.2) is 4.79 Å². The molecular formula is C53H76N4O2S2. The Morgan fingerprint density at radius 1 is 0.492 bits per heavy atom. The topological polar surface area (TPSA) is 77.9 Å². The Balaban J connectivity index is 1.16. The number of rotatable bonds is 32. The number of benzene rings is 3. The van der Waals surface area contributed by atoms with Gasteiger partial charge in [-0.15, -0.1) is 0 Å². The first-order chi connectivity index (χ1) is 30.1. The summed E-state index contributed by atoms with van der Waals surface area (Å²) in [6, 6.07) is 15.2. The lowest BCUT2D eigenvalue weighted by molar-refractivity contribution is 0.0601. The van der Waals surface area contributed by atoms with Gasteiger partial charge < -0.3 is 4.74 Å². The fourth-order valence-corrected chi connectivity index (χ4v) is 11.4. The fourth-order valence-electron chi connectivity index (χ4n) is 10.3. The normalized spacial score (nSPS) is 13.0. The van der Waals surface area contributed by atoms with Crippen LogP contribution in [0, 0.1) is 0 Å². The summed E-state index contributed by atoms with van der Waals surface area (Å²) in [4.78, 5) is 13.3. The summed E-state index contributed by atoms with van der Waals surface area (Å²) >= 11 is 2.51. The van der Waals surface area contributed by atoms with Gasteiger partial charge in [0.25, 0.3) is 0 Å².